The summed E-state index contributed by atoms with van der Waals surface area (Å²) < 4.78 is 11.0. The van der Waals surface area contributed by atoms with E-state index in [1.165, 1.54) is 11.8 Å². The molecule has 1 amide bonds. The van der Waals surface area contributed by atoms with Crippen molar-refractivity contribution < 1.29 is 13.9 Å². The van der Waals surface area contributed by atoms with Crippen LogP contribution in [0.2, 0.25) is 0 Å². The highest BCUT2D eigenvalue weighted by Gasteiger charge is 2.17. The van der Waals surface area contributed by atoms with Crippen LogP contribution in [0, 0.1) is 6.92 Å². The van der Waals surface area contributed by atoms with Crippen LogP contribution in [0.5, 0.6) is 5.75 Å². The highest BCUT2D eigenvalue weighted by Crippen LogP contribution is 2.35. The molecule has 21 heavy (non-hydrogen) atoms. The number of aromatic nitrogens is 2. The summed E-state index contributed by atoms with van der Waals surface area (Å²) in [6.07, 6.45) is 0. The van der Waals surface area contributed by atoms with Crippen molar-refractivity contribution in [3.63, 3.8) is 0 Å². The quantitative estimate of drug-likeness (QED) is 0.907. The molecule has 0 atom stereocenters. The topological polar surface area (TPSA) is 80.5 Å². The van der Waals surface area contributed by atoms with Crippen molar-refractivity contribution in [3.05, 3.63) is 30.0 Å². The zero-order valence-corrected chi connectivity index (χ0v) is 12.5. The number of hydrogen-bond acceptors (Lipinski definition) is 6. The van der Waals surface area contributed by atoms with E-state index in [0.29, 0.717) is 23.2 Å². The van der Waals surface area contributed by atoms with Crippen molar-refractivity contribution in [2.24, 2.45) is 0 Å². The summed E-state index contributed by atoms with van der Waals surface area (Å²) in [5.74, 6) is 1.35. The van der Waals surface area contributed by atoms with Crippen LogP contribution in [0.4, 0.5) is 11.4 Å². The van der Waals surface area contributed by atoms with Crippen LogP contribution in [0.25, 0.3) is 0 Å². The Bertz CT molecular complexity index is 639. The second-order valence-corrected chi connectivity index (χ2v) is 4.48. The molecule has 0 radical (unpaired) electrons. The Kier molecular flexibility index (Phi) is 4.42. The first kappa shape index (κ1) is 14.8. The Morgan fingerprint density at radius 3 is 2.76 bits per heavy atom. The van der Waals surface area contributed by atoms with Crippen molar-refractivity contribution in [2.75, 3.05) is 24.3 Å². The number of nitrogens with zero attached hydrogens (tertiary/aromatic N) is 3. The number of amides is 1. The van der Waals surface area contributed by atoms with Gasteiger partial charge in [-0.15, -0.1) is 10.2 Å². The number of carbonyl (C=O) groups is 1. The van der Waals surface area contributed by atoms with E-state index in [9.17, 15) is 4.79 Å². The van der Waals surface area contributed by atoms with Gasteiger partial charge in [-0.3, -0.25) is 4.79 Å². The van der Waals surface area contributed by atoms with Crippen LogP contribution in [0.1, 0.15) is 18.7 Å². The van der Waals surface area contributed by atoms with Gasteiger partial charge >= 0.3 is 0 Å². The first-order valence-corrected chi connectivity index (χ1v) is 6.49. The Morgan fingerprint density at radius 2 is 2.19 bits per heavy atom. The molecule has 0 spiro atoms. The van der Waals surface area contributed by atoms with Gasteiger partial charge in [0.1, 0.15) is 11.4 Å². The van der Waals surface area contributed by atoms with Gasteiger partial charge in [0.25, 0.3) is 5.89 Å². The van der Waals surface area contributed by atoms with Gasteiger partial charge in [-0.2, -0.15) is 0 Å². The highest BCUT2D eigenvalue weighted by molar-refractivity contribution is 5.96. The number of nitrogens with one attached hydrogen (secondary N) is 1. The standard InChI is InChI=1S/C14H18N4O3/c1-9-16-17-13(21-9)8-20-12-7-5-6-11(15-3)14(12)18(4)10(2)19/h5-7,15H,8H2,1-4H3. The van der Waals surface area contributed by atoms with E-state index in [2.05, 4.69) is 15.5 Å². The van der Waals surface area contributed by atoms with Gasteiger partial charge in [0.15, 0.2) is 6.61 Å². The number of para-hydroxylation sites is 1. The summed E-state index contributed by atoms with van der Waals surface area (Å²) in [5, 5.41) is 10.7. The van der Waals surface area contributed by atoms with E-state index in [0.717, 1.165) is 5.69 Å². The van der Waals surface area contributed by atoms with Crippen LogP contribution in [0.15, 0.2) is 22.6 Å². The molecule has 112 valence electrons. The predicted octanol–water partition coefficient (Wildman–Crippen LogP) is 1.98. The molecule has 0 bridgehead atoms. The van der Waals surface area contributed by atoms with Crippen LogP contribution in [-0.4, -0.2) is 30.2 Å². The van der Waals surface area contributed by atoms with Crippen molar-refractivity contribution in [2.45, 2.75) is 20.5 Å². The van der Waals surface area contributed by atoms with Crippen molar-refractivity contribution in [1.82, 2.24) is 10.2 Å². The number of anilines is 2. The van der Waals surface area contributed by atoms with E-state index >= 15 is 0 Å². The maximum Gasteiger partial charge on any atom is 0.253 e. The lowest BCUT2D eigenvalue weighted by atomic mass is 10.2. The third-order valence-corrected chi connectivity index (χ3v) is 3.00. The summed E-state index contributed by atoms with van der Waals surface area (Å²) in [4.78, 5) is 13.2. The minimum atomic E-state index is -0.0869. The SMILES string of the molecule is CNc1cccc(OCc2nnc(C)o2)c1N(C)C(C)=O. The fourth-order valence-corrected chi connectivity index (χ4v) is 1.88. The van der Waals surface area contributed by atoms with Crippen LogP contribution >= 0.6 is 0 Å². The molecule has 0 saturated heterocycles. The molecule has 1 N–H and O–H groups in total. The lowest BCUT2D eigenvalue weighted by Crippen LogP contribution is -2.24. The zero-order chi connectivity index (χ0) is 15.4. The van der Waals surface area contributed by atoms with Gasteiger partial charge in [0.2, 0.25) is 11.8 Å². The largest absolute Gasteiger partial charge is 0.482 e. The predicted molar refractivity (Wildman–Crippen MR) is 78.4 cm³/mol. The molecule has 2 rings (SSSR count). The molecule has 0 aliphatic rings. The number of aryl methyl sites for hydroxylation is 1. The second-order valence-electron chi connectivity index (χ2n) is 4.48. The Labute approximate surface area is 122 Å². The molecule has 1 aromatic carbocycles. The number of carbonyl (C=O) groups excluding carboxylic acids is 1. The van der Waals surface area contributed by atoms with Crippen LogP contribution < -0.4 is 15.0 Å². The number of ether oxygens (including phenoxy) is 1. The van der Waals surface area contributed by atoms with Gasteiger partial charge in [-0.25, -0.2) is 0 Å². The molecular weight excluding hydrogens is 272 g/mol. The van der Waals surface area contributed by atoms with Crippen molar-refractivity contribution >= 4 is 17.3 Å². The molecule has 2 aromatic rings. The van der Waals surface area contributed by atoms with Gasteiger partial charge in [-0.05, 0) is 12.1 Å². The monoisotopic (exact) mass is 290 g/mol. The molecular formula is C14H18N4O3. The average Bonchev–Trinajstić information content (AvgIpc) is 2.89. The molecule has 0 unspecified atom stereocenters. The molecule has 7 heteroatoms. The summed E-state index contributed by atoms with van der Waals surface area (Å²) in [6.45, 7) is 3.36. The Morgan fingerprint density at radius 1 is 1.43 bits per heavy atom. The average molecular weight is 290 g/mol. The summed E-state index contributed by atoms with van der Waals surface area (Å²) in [7, 11) is 3.49. The van der Waals surface area contributed by atoms with Gasteiger partial charge < -0.3 is 19.4 Å². The van der Waals surface area contributed by atoms with Gasteiger partial charge in [-0.1, -0.05) is 6.07 Å². The van der Waals surface area contributed by atoms with Crippen LogP contribution in [0.3, 0.4) is 0 Å². The maximum absolute atomic E-state index is 11.6. The Hall–Kier alpha value is -2.57. The number of rotatable bonds is 5. The lowest BCUT2D eigenvalue weighted by molar-refractivity contribution is -0.116. The number of benzene rings is 1. The Balaban J connectivity index is 2.27. The molecule has 0 aliphatic heterocycles. The summed E-state index contributed by atoms with van der Waals surface area (Å²) >= 11 is 0. The third kappa shape index (κ3) is 3.31. The smallest absolute Gasteiger partial charge is 0.253 e. The lowest BCUT2D eigenvalue weighted by Gasteiger charge is -2.22. The van der Waals surface area contributed by atoms with E-state index in [-0.39, 0.29) is 12.5 Å². The van der Waals surface area contributed by atoms with E-state index in [1.807, 2.05) is 12.1 Å². The van der Waals surface area contributed by atoms with Crippen molar-refractivity contribution in [1.29, 1.82) is 0 Å². The van der Waals surface area contributed by atoms with Gasteiger partial charge in [0.05, 0.1) is 5.69 Å². The highest BCUT2D eigenvalue weighted by atomic mass is 16.5. The minimum absolute atomic E-state index is 0.0869. The van der Waals surface area contributed by atoms with Crippen molar-refractivity contribution in [3.8, 4) is 5.75 Å². The fourth-order valence-electron chi connectivity index (χ4n) is 1.88. The normalized spacial score (nSPS) is 10.3. The first-order chi connectivity index (χ1) is 10.0. The second kappa shape index (κ2) is 6.25. The molecule has 7 nitrogen and oxygen atoms in total. The molecule has 1 aromatic heterocycles. The van der Waals surface area contributed by atoms with E-state index < -0.39 is 0 Å². The molecule has 1 heterocycles. The van der Waals surface area contributed by atoms with Crippen LogP contribution in [-0.2, 0) is 11.4 Å². The zero-order valence-electron chi connectivity index (χ0n) is 12.5. The van der Waals surface area contributed by atoms with E-state index in [4.69, 9.17) is 9.15 Å². The first-order valence-electron chi connectivity index (χ1n) is 6.49. The fraction of sp³-hybridized carbons (Fsp3) is 0.357. The maximum atomic E-state index is 11.6. The third-order valence-electron chi connectivity index (χ3n) is 3.00. The summed E-state index contributed by atoms with van der Waals surface area (Å²) in [5.41, 5.74) is 1.47. The van der Waals surface area contributed by atoms with Gasteiger partial charge in [0, 0.05) is 27.9 Å². The van der Waals surface area contributed by atoms with E-state index in [1.54, 1.807) is 27.1 Å². The number of hydrogen-bond donors (Lipinski definition) is 1. The molecule has 0 saturated carbocycles. The minimum Gasteiger partial charge on any atom is -0.482 e. The summed E-state index contributed by atoms with van der Waals surface area (Å²) in [6, 6.07) is 5.51. The molecule has 0 aliphatic carbocycles. The molecule has 0 fully saturated rings.